The van der Waals surface area contributed by atoms with Gasteiger partial charge < -0.3 is 9.15 Å². The van der Waals surface area contributed by atoms with Crippen LogP contribution in [0.2, 0.25) is 5.02 Å². The van der Waals surface area contributed by atoms with Crippen LogP contribution in [0.1, 0.15) is 42.9 Å². The summed E-state index contributed by atoms with van der Waals surface area (Å²) in [6, 6.07) is 12.8. The van der Waals surface area contributed by atoms with Crippen LogP contribution in [0.4, 0.5) is 5.69 Å². The number of hydrogen-bond acceptors (Lipinski definition) is 7. The minimum absolute atomic E-state index is 0.131. The molecule has 0 spiro atoms. The molecule has 0 fully saturated rings. The SMILES string of the molecule is Cc1ccc(-c2nnc(C(C)OC(=O)C3=NN(c4ccc(C)c(Cl)c4)C(=O)CC3)o2)cc1. The van der Waals surface area contributed by atoms with Gasteiger partial charge in [0.25, 0.3) is 5.89 Å². The number of halogens is 1. The number of benzene rings is 2. The summed E-state index contributed by atoms with van der Waals surface area (Å²) < 4.78 is 11.1. The number of hydrogen-bond donors (Lipinski definition) is 0. The minimum Gasteiger partial charge on any atom is -0.448 e. The van der Waals surface area contributed by atoms with Gasteiger partial charge in [0, 0.05) is 23.4 Å². The highest BCUT2D eigenvalue weighted by molar-refractivity contribution is 6.38. The summed E-state index contributed by atoms with van der Waals surface area (Å²) in [5.74, 6) is -0.369. The standard InChI is InChI=1S/C23H21ClN4O4/c1-13-4-7-16(8-5-13)22-26-25-21(32-22)15(3)31-23(30)19-10-11-20(29)28(27-19)17-9-6-14(2)18(24)12-17/h4-9,12,15H,10-11H2,1-3H3. The van der Waals surface area contributed by atoms with Crippen LogP contribution in [0.3, 0.4) is 0 Å². The molecule has 0 saturated carbocycles. The summed E-state index contributed by atoms with van der Waals surface area (Å²) in [6.07, 6.45) is -0.470. The van der Waals surface area contributed by atoms with Gasteiger partial charge in [0.2, 0.25) is 11.8 Å². The molecule has 0 saturated heterocycles. The van der Waals surface area contributed by atoms with Gasteiger partial charge in [-0.3, -0.25) is 4.79 Å². The van der Waals surface area contributed by atoms with Gasteiger partial charge in [-0.25, -0.2) is 9.80 Å². The lowest BCUT2D eigenvalue weighted by atomic mass is 10.1. The molecule has 32 heavy (non-hydrogen) atoms. The normalized spacial score (nSPS) is 14.8. The first-order valence-corrected chi connectivity index (χ1v) is 10.5. The molecule has 2 heterocycles. The molecule has 1 aliphatic rings. The third kappa shape index (κ3) is 4.55. The molecule has 0 aliphatic carbocycles. The van der Waals surface area contributed by atoms with Crippen LogP contribution in [0.15, 0.2) is 52.0 Å². The van der Waals surface area contributed by atoms with Gasteiger partial charge in [-0.15, -0.1) is 10.2 Å². The molecule has 1 unspecified atom stereocenters. The Morgan fingerprint density at radius 3 is 2.59 bits per heavy atom. The molecule has 0 N–H and O–H groups in total. The number of anilines is 1. The zero-order valence-corrected chi connectivity index (χ0v) is 18.6. The third-order valence-electron chi connectivity index (χ3n) is 5.04. The molecule has 9 heteroatoms. The van der Waals surface area contributed by atoms with Gasteiger partial charge in [0.15, 0.2) is 6.10 Å². The Morgan fingerprint density at radius 2 is 1.88 bits per heavy atom. The fourth-order valence-electron chi connectivity index (χ4n) is 3.11. The maximum Gasteiger partial charge on any atom is 0.355 e. The number of aryl methyl sites for hydroxylation is 2. The molecule has 164 valence electrons. The number of nitrogens with zero attached hydrogens (tertiary/aromatic N) is 4. The Kier molecular flexibility index (Phi) is 6.05. The van der Waals surface area contributed by atoms with Crippen molar-refractivity contribution in [2.24, 2.45) is 5.10 Å². The Hall–Kier alpha value is -3.52. The molecule has 4 rings (SSSR count). The molecule has 8 nitrogen and oxygen atoms in total. The predicted molar refractivity (Wildman–Crippen MR) is 119 cm³/mol. The monoisotopic (exact) mass is 452 g/mol. The summed E-state index contributed by atoms with van der Waals surface area (Å²) in [7, 11) is 0. The zero-order chi connectivity index (χ0) is 22.8. The lowest BCUT2D eigenvalue weighted by Crippen LogP contribution is -2.35. The molecule has 1 aromatic heterocycles. The molecule has 2 aromatic carbocycles. The molecule has 0 radical (unpaired) electrons. The Labute approximate surface area is 189 Å². The van der Waals surface area contributed by atoms with Crippen molar-refractivity contribution < 1.29 is 18.7 Å². The van der Waals surface area contributed by atoms with Gasteiger partial charge in [-0.2, -0.15) is 5.10 Å². The first kappa shape index (κ1) is 21.7. The van der Waals surface area contributed by atoms with Gasteiger partial charge in [0.05, 0.1) is 5.69 Å². The van der Waals surface area contributed by atoms with Crippen LogP contribution in [0.25, 0.3) is 11.5 Å². The van der Waals surface area contributed by atoms with Crippen LogP contribution in [-0.2, 0) is 14.3 Å². The fraction of sp³-hybridized carbons (Fsp3) is 0.261. The van der Waals surface area contributed by atoms with Crippen LogP contribution >= 0.6 is 11.6 Å². The summed E-state index contributed by atoms with van der Waals surface area (Å²) in [4.78, 5) is 25.0. The Morgan fingerprint density at radius 1 is 1.12 bits per heavy atom. The van der Waals surface area contributed by atoms with E-state index >= 15 is 0 Å². The highest BCUT2D eigenvalue weighted by Gasteiger charge is 2.29. The number of amides is 1. The summed E-state index contributed by atoms with van der Waals surface area (Å²) in [5.41, 5.74) is 3.39. The first-order valence-electron chi connectivity index (χ1n) is 10.1. The third-order valence-corrected chi connectivity index (χ3v) is 5.45. The number of hydrazone groups is 1. The van der Waals surface area contributed by atoms with E-state index in [-0.39, 0.29) is 30.4 Å². The molecule has 0 bridgehead atoms. The van der Waals surface area contributed by atoms with Crippen molar-refractivity contribution in [3.8, 4) is 11.5 Å². The van der Waals surface area contributed by atoms with Gasteiger partial charge in [-0.05, 0) is 50.6 Å². The second-order valence-electron chi connectivity index (χ2n) is 7.54. The summed E-state index contributed by atoms with van der Waals surface area (Å²) >= 11 is 6.17. The number of rotatable bonds is 5. The molecule has 1 amide bonds. The lowest BCUT2D eigenvalue weighted by molar-refractivity contribution is -0.141. The average molecular weight is 453 g/mol. The topological polar surface area (TPSA) is 97.9 Å². The van der Waals surface area contributed by atoms with E-state index in [4.69, 9.17) is 20.8 Å². The highest BCUT2D eigenvalue weighted by Crippen LogP contribution is 2.27. The quantitative estimate of drug-likeness (QED) is 0.516. The number of carbonyl (C=O) groups is 2. The Bertz CT molecular complexity index is 1200. The maximum absolute atomic E-state index is 12.7. The van der Waals surface area contributed by atoms with Crippen molar-refractivity contribution in [1.82, 2.24) is 10.2 Å². The summed E-state index contributed by atoms with van der Waals surface area (Å²) in [6.45, 7) is 5.48. The maximum atomic E-state index is 12.7. The van der Waals surface area contributed by atoms with E-state index in [1.807, 2.05) is 38.1 Å². The lowest BCUT2D eigenvalue weighted by Gasteiger charge is -2.23. The molecule has 1 aliphatic heterocycles. The van der Waals surface area contributed by atoms with Crippen molar-refractivity contribution in [2.45, 2.75) is 39.7 Å². The van der Waals surface area contributed by atoms with Crippen molar-refractivity contribution in [2.75, 3.05) is 5.01 Å². The van der Waals surface area contributed by atoms with Gasteiger partial charge in [0.1, 0.15) is 5.71 Å². The van der Waals surface area contributed by atoms with E-state index in [1.54, 1.807) is 25.1 Å². The van der Waals surface area contributed by atoms with Gasteiger partial charge in [-0.1, -0.05) is 35.4 Å². The van der Waals surface area contributed by atoms with E-state index in [9.17, 15) is 9.59 Å². The van der Waals surface area contributed by atoms with Crippen molar-refractivity contribution in [3.63, 3.8) is 0 Å². The largest absolute Gasteiger partial charge is 0.448 e. The van der Waals surface area contributed by atoms with E-state index in [0.29, 0.717) is 16.6 Å². The molecule has 1 atom stereocenters. The van der Waals surface area contributed by atoms with Gasteiger partial charge >= 0.3 is 5.97 Å². The Balaban J connectivity index is 1.48. The number of carbonyl (C=O) groups excluding carboxylic acids is 2. The van der Waals surface area contributed by atoms with E-state index in [1.165, 1.54) is 5.01 Å². The highest BCUT2D eigenvalue weighted by atomic mass is 35.5. The zero-order valence-electron chi connectivity index (χ0n) is 17.8. The molecular weight excluding hydrogens is 432 g/mol. The summed E-state index contributed by atoms with van der Waals surface area (Å²) in [5, 5.41) is 13.9. The first-order chi connectivity index (χ1) is 15.3. The van der Waals surface area contributed by atoms with E-state index < -0.39 is 12.1 Å². The van der Waals surface area contributed by atoms with Crippen LogP contribution in [-0.4, -0.2) is 27.8 Å². The van der Waals surface area contributed by atoms with Crippen molar-refractivity contribution in [3.05, 3.63) is 64.5 Å². The predicted octanol–water partition coefficient (Wildman–Crippen LogP) is 4.79. The number of aromatic nitrogens is 2. The number of ether oxygens (including phenoxy) is 1. The smallest absolute Gasteiger partial charge is 0.355 e. The van der Waals surface area contributed by atoms with Crippen LogP contribution in [0, 0.1) is 13.8 Å². The van der Waals surface area contributed by atoms with Crippen molar-refractivity contribution >= 4 is 34.9 Å². The van der Waals surface area contributed by atoms with E-state index in [0.717, 1.165) is 16.7 Å². The second kappa shape index (κ2) is 8.92. The van der Waals surface area contributed by atoms with Crippen molar-refractivity contribution in [1.29, 1.82) is 0 Å². The second-order valence-corrected chi connectivity index (χ2v) is 7.95. The molecular formula is C23H21ClN4O4. The number of esters is 1. The minimum atomic E-state index is -0.781. The van der Waals surface area contributed by atoms with Crippen LogP contribution in [0.5, 0.6) is 0 Å². The van der Waals surface area contributed by atoms with E-state index in [2.05, 4.69) is 15.3 Å². The fourth-order valence-corrected chi connectivity index (χ4v) is 3.28. The molecule has 3 aromatic rings. The average Bonchev–Trinajstić information content (AvgIpc) is 3.27. The van der Waals surface area contributed by atoms with Crippen LogP contribution < -0.4 is 5.01 Å².